The number of nitrogens with two attached hydrogens (primary N) is 1. The Bertz CT molecular complexity index is 593. The van der Waals surface area contributed by atoms with Crippen LogP contribution < -0.4 is 15.2 Å². The van der Waals surface area contributed by atoms with Crippen LogP contribution in [-0.2, 0) is 0 Å². The molecule has 21 heavy (non-hydrogen) atoms. The molecular formula is C16H23N3O2. The lowest BCUT2D eigenvalue weighted by Crippen LogP contribution is -2.20. The first-order valence-corrected chi connectivity index (χ1v) is 7.07. The van der Waals surface area contributed by atoms with Gasteiger partial charge >= 0.3 is 0 Å². The quantitative estimate of drug-likeness (QED) is 0.888. The summed E-state index contributed by atoms with van der Waals surface area (Å²) in [6, 6.07) is 5.75. The average molecular weight is 289 g/mol. The standard InChI is InChI=1S/C16H23N3O2/c1-11(2)13(8-17)15-9-18-10-19(15)14-6-5-12(20-3)7-16(14)21-4/h5-7,9-11,13H,8,17H2,1-4H3. The van der Waals surface area contributed by atoms with Crippen LogP contribution in [0.1, 0.15) is 25.5 Å². The van der Waals surface area contributed by atoms with Crippen molar-refractivity contribution in [3.05, 3.63) is 36.4 Å². The summed E-state index contributed by atoms with van der Waals surface area (Å²) < 4.78 is 12.8. The molecule has 1 unspecified atom stereocenters. The van der Waals surface area contributed by atoms with E-state index in [0.717, 1.165) is 22.9 Å². The molecule has 5 nitrogen and oxygen atoms in total. The molecule has 1 heterocycles. The van der Waals surface area contributed by atoms with Gasteiger partial charge in [-0.05, 0) is 18.1 Å². The van der Waals surface area contributed by atoms with Crippen molar-refractivity contribution in [3.63, 3.8) is 0 Å². The van der Waals surface area contributed by atoms with Crippen LogP contribution in [0.2, 0.25) is 0 Å². The maximum atomic E-state index is 5.94. The van der Waals surface area contributed by atoms with Crippen LogP contribution in [0.25, 0.3) is 5.69 Å². The first kappa shape index (κ1) is 15.4. The number of ether oxygens (including phenoxy) is 2. The molecule has 1 aromatic heterocycles. The van der Waals surface area contributed by atoms with E-state index in [1.54, 1.807) is 20.5 Å². The van der Waals surface area contributed by atoms with E-state index in [0.29, 0.717) is 12.5 Å². The summed E-state index contributed by atoms with van der Waals surface area (Å²) in [4.78, 5) is 4.29. The second-order valence-corrected chi connectivity index (χ2v) is 5.31. The minimum atomic E-state index is 0.249. The number of benzene rings is 1. The third kappa shape index (κ3) is 3.03. The van der Waals surface area contributed by atoms with E-state index in [9.17, 15) is 0 Å². The topological polar surface area (TPSA) is 62.3 Å². The smallest absolute Gasteiger partial charge is 0.146 e. The molecule has 0 saturated carbocycles. The summed E-state index contributed by atoms with van der Waals surface area (Å²) in [6.07, 6.45) is 3.67. The van der Waals surface area contributed by atoms with Crippen molar-refractivity contribution in [1.82, 2.24) is 9.55 Å². The number of aromatic nitrogens is 2. The fourth-order valence-electron chi connectivity index (χ4n) is 2.50. The Labute approximate surface area is 125 Å². The molecule has 114 valence electrons. The van der Waals surface area contributed by atoms with E-state index in [1.807, 2.05) is 29.0 Å². The highest BCUT2D eigenvalue weighted by Gasteiger charge is 2.20. The van der Waals surface area contributed by atoms with Crippen molar-refractivity contribution in [2.45, 2.75) is 19.8 Å². The van der Waals surface area contributed by atoms with Gasteiger partial charge in [0, 0.05) is 30.4 Å². The van der Waals surface area contributed by atoms with Gasteiger partial charge in [-0.1, -0.05) is 13.8 Å². The van der Waals surface area contributed by atoms with Crippen LogP contribution in [0.15, 0.2) is 30.7 Å². The first-order chi connectivity index (χ1) is 10.1. The lowest BCUT2D eigenvalue weighted by Gasteiger charge is -2.21. The van der Waals surface area contributed by atoms with E-state index >= 15 is 0 Å². The number of hydrogen-bond donors (Lipinski definition) is 1. The zero-order valence-electron chi connectivity index (χ0n) is 13.0. The van der Waals surface area contributed by atoms with Gasteiger partial charge in [-0.25, -0.2) is 4.98 Å². The summed E-state index contributed by atoms with van der Waals surface area (Å²) in [6.45, 7) is 4.92. The molecular weight excluding hydrogens is 266 g/mol. The van der Waals surface area contributed by atoms with Gasteiger partial charge in [0.05, 0.1) is 26.2 Å². The van der Waals surface area contributed by atoms with Gasteiger partial charge < -0.3 is 15.2 Å². The molecule has 0 aliphatic heterocycles. The van der Waals surface area contributed by atoms with Gasteiger partial charge in [-0.15, -0.1) is 0 Å². The van der Waals surface area contributed by atoms with Crippen LogP contribution in [-0.4, -0.2) is 30.3 Å². The van der Waals surface area contributed by atoms with Gasteiger partial charge in [-0.2, -0.15) is 0 Å². The molecule has 2 aromatic rings. The zero-order chi connectivity index (χ0) is 15.4. The van der Waals surface area contributed by atoms with E-state index in [-0.39, 0.29) is 5.92 Å². The fourth-order valence-corrected chi connectivity index (χ4v) is 2.50. The molecule has 0 radical (unpaired) electrons. The Morgan fingerprint density at radius 3 is 2.57 bits per heavy atom. The second kappa shape index (κ2) is 6.63. The maximum Gasteiger partial charge on any atom is 0.146 e. The summed E-state index contributed by atoms with van der Waals surface area (Å²) in [5.74, 6) is 2.19. The number of methoxy groups -OCH3 is 2. The van der Waals surface area contributed by atoms with Crippen LogP contribution >= 0.6 is 0 Å². The molecule has 2 rings (SSSR count). The molecule has 0 fully saturated rings. The predicted octanol–water partition coefficient (Wildman–Crippen LogP) is 2.59. The van der Waals surface area contributed by atoms with Crippen molar-refractivity contribution < 1.29 is 9.47 Å². The largest absolute Gasteiger partial charge is 0.497 e. The Kier molecular flexibility index (Phi) is 4.85. The minimum Gasteiger partial charge on any atom is -0.497 e. The highest BCUT2D eigenvalue weighted by atomic mass is 16.5. The molecule has 0 spiro atoms. The SMILES string of the molecule is COc1ccc(-n2cncc2C(CN)C(C)C)c(OC)c1. The van der Waals surface area contributed by atoms with Crippen LogP contribution in [0, 0.1) is 5.92 Å². The molecule has 0 bridgehead atoms. The molecule has 0 aliphatic carbocycles. The van der Waals surface area contributed by atoms with E-state index in [4.69, 9.17) is 15.2 Å². The highest BCUT2D eigenvalue weighted by molar-refractivity contribution is 5.52. The van der Waals surface area contributed by atoms with Crippen LogP contribution in [0.4, 0.5) is 0 Å². The lowest BCUT2D eigenvalue weighted by atomic mass is 9.93. The van der Waals surface area contributed by atoms with Crippen LogP contribution in [0.3, 0.4) is 0 Å². The molecule has 2 N–H and O–H groups in total. The predicted molar refractivity (Wildman–Crippen MR) is 83.3 cm³/mol. The monoisotopic (exact) mass is 289 g/mol. The summed E-state index contributed by atoms with van der Waals surface area (Å²) in [5.41, 5.74) is 7.96. The second-order valence-electron chi connectivity index (χ2n) is 5.31. The van der Waals surface area contributed by atoms with Crippen molar-refractivity contribution in [2.24, 2.45) is 11.7 Å². The first-order valence-electron chi connectivity index (χ1n) is 7.07. The maximum absolute atomic E-state index is 5.94. The van der Waals surface area contributed by atoms with Gasteiger partial charge in [0.2, 0.25) is 0 Å². The zero-order valence-corrected chi connectivity index (χ0v) is 13.0. The number of hydrogen-bond acceptors (Lipinski definition) is 4. The third-order valence-electron chi connectivity index (χ3n) is 3.75. The Morgan fingerprint density at radius 2 is 2.00 bits per heavy atom. The molecule has 0 aliphatic rings. The highest BCUT2D eigenvalue weighted by Crippen LogP contribution is 2.32. The third-order valence-corrected chi connectivity index (χ3v) is 3.75. The minimum absolute atomic E-state index is 0.249. The Hall–Kier alpha value is -2.01. The van der Waals surface area contributed by atoms with Crippen molar-refractivity contribution in [3.8, 4) is 17.2 Å². The van der Waals surface area contributed by atoms with Crippen molar-refractivity contribution in [2.75, 3.05) is 20.8 Å². The van der Waals surface area contributed by atoms with Gasteiger partial charge in [0.1, 0.15) is 11.5 Å². The number of rotatable bonds is 6. The van der Waals surface area contributed by atoms with E-state index in [2.05, 4.69) is 18.8 Å². The molecule has 5 heteroatoms. The summed E-state index contributed by atoms with van der Waals surface area (Å²) >= 11 is 0. The summed E-state index contributed by atoms with van der Waals surface area (Å²) in [5, 5.41) is 0. The Balaban J connectivity index is 2.50. The van der Waals surface area contributed by atoms with E-state index < -0.39 is 0 Å². The molecule has 0 saturated heterocycles. The van der Waals surface area contributed by atoms with Gasteiger partial charge in [0.25, 0.3) is 0 Å². The van der Waals surface area contributed by atoms with E-state index in [1.165, 1.54) is 0 Å². The number of nitrogens with zero attached hydrogens (tertiary/aromatic N) is 2. The lowest BCUT2D eigenvalue weighted by molar-refractivity contribution is 0.392. The Morgan fingerprint density at radius 1 is 1.24 bits per heavy atom. The average Bonchev–Trinajstić information content (AvgIpc) is 2.95. The van der Waals surface area contributed by atoms with Gasteiger partial charge in [0.15, 0.2) is 0 Å². The van der Waals surface area contributed by atoms with Gasteiger partial charge in [-0.3, -0.25) is 4.57 Å². The van der Waals surface area contributed by atoms with Crippen molar-refractivity contribution in [1.29, 1.82) is 0 Å². The fraction of sp³-hybridized carbons (Fsp3) is 0.438. The normalized spacial score (nSPS) is 12.5. The summed E-state index contributed by atoms with van der Waals surface area (Å²) in [7, 11) is 3.29. The molecule has 1 atom stereocenters. The number of imidazole rings is 1. The molecule has 0 amide bonds. The molecule has 1 aromatic carbocycles. The van der Waals surface area contributed by atoms with Crippen LogP contribution in [0.5, 0.6) is 11.5 Å². The van der Waals surface area contributed by atoms with Crippen molar-refractivity contribution >= 4 is 0 Å².